The molecule has 0 bridgehead atoms. The average molecular weight is 356 g/mol. The van der Waals surface area contributed by atoms with E-state index in [9.17, 15) is 0 Å². The van der Waals surface area contributed by atoms with E-state index in [0.29, 0.717) is 13.2 Å². The highest BCUT2D eigenvalue weighted by Gasteiger charge is 2.33. The Balaban J connectivity index is 2.22. The highest BCUT2D eigenvalue weighted by Crippen LogP contribution is 2.23. The molecule has 0 radical (unpaired) electrons. The largest absolute Gasteiger partial charge is 0.391 e. The summed E-state index contributed by atoms with van der Waals surface area (Å²) in [7, 11) is 1.77. The first kappa shape index (κ1) is 19.4. The Hall–Kier alpha value is -1.88. The molecule has 0 unspecified atom stereocenters. The van der Waals surface area contributed by atoms with Gasteiger partial charge in [-0.25, -0.2) is 0 Å². The van der Waals surface area contributed by atoms with Crippen molar-refractivity contribution >= 4 is 25.0 Å². The smallest absolute Gasteiger partial charge is 0.369 e. The fourth-order valence-corrected chi connectivity index (χ4v) is 5.15. The van der Waals surface area contributed by atoms with Crippen LogP contribution in [-0.4, -0.2) is 35.9 Å². The van der Waals surface area contributed by atoms with Gasteiger partial charge < -0.3 is 13.8 Å². The minimum absolute atomic E-state index is 0.662. The van der Waals surface area contributed by atoms with Crippen molar-refractivity contribution < 1.29 is 8.85 Å². The molecule has 0 amide bonds. The lowest BCUT2D eigenvalue weighted by atomic mass is 9.99. The normalized spacial score (nSPS) is 11.4. The Labute approximate surface area is 153 Å². The molecular weight excluding hydrogens is 326 g/mol. The maximum atomic E-state index is 5.97. The molecule has 0 heterocycles. The molecule has 25 heavy (non-hydrogen) atoms. The van der Waals surface area contributed by atoms with Crippen LogP contribution in [0, 0.1) is 0 Å². The van der Waals surface area contributed by atoms with Crippen LogP contribution >= 0.6 is 0 Å². The summed E-state index contributed by atoms with van der Waals surface area (Å²) in [4.78, 5) is 2.09. The van der Waals surface area contributed by atoms with Crippen molar-refractivity contribution in [1.82, 2.24) is 0 Å². The van der Waals surface area contributed by atoms with Gasteiger partial charge in [-0.3, -0.25) is 0 Å². The third-order valence-electron chi connectivity index (χ3n) is 4.33. The summed E-state index contributed by atoms with van der Waals surface area (Å²) in [6, 6.07) is 16.9. The minimum atomic E-state index is -2.32. The van der Waals surface area contributed by atoms with Crippen LogP contribution in [0.4, 0.5) is 5.69 Å². The third-order valence-corrected chi connectivity index (χ3v) is 7.39. The van der Waals surface area contributed by atoms with E-state index in [0.717, 1.165) is 21.9 Å². The van der Waals surface area contributed by atoms with E-state index in [-0.39, 0.29) is 0 Å². The van der Waals surface area contributed by atoms with E-state index >= 15 is 0 Å². The summed E-state index contributed by atoms with van der Waals surface area (Å²) in [5, 5.41) is 1.15. The van der Waals surface area contributed by atoms with Crippen molar-refractivity contribution in [2.75, 3.05) is 32.2 Å². The molecule has 2 aromatic carbocycles. The van der Waals surface area contributed by atoms with Crippen molar-refractivity contribution in [2.45, 2.75) is 20.4 Å². The van der Waals surface area contributed by atoms with Gasteiger partial charge in [0.1, 0.15) is 0 Å². The number of nitrogens with zero attached hydrogens (tertiary/aromatic N) is 1. The van der Waals surface area contributed by atoms with E-state index in [1.165, 1.54) is 5.69 Å². The van der Waals surface area contributed by atoms with Crippen molar-refractivity contribution in [3.63, 3.8) is 0 Å². The summed E-state index contributed by atoms with van der Waals surface area (Å²) < 4.78 is 11.9. The zero-order valence-electron chi connectivity index (χ0n) is 16.0. The van der Waals surface area contributed by atoms with E-state index in [1.54, 1.807) is 0 Å². The second-order valence-corrected chi connectivity index (χ2v) is 9.36. The molecule has 0 aliphatic rings. The molecule has 0 spiro atoms. The zero-order chi connectivity index (χ0) is 18.4. The molecule has 0 saturated carbocycles. The van der Waals surface area contributed by atoms with Crippen molar-refractivity contribution in [2.24, 2.45) is 0 Å². The van der Waals surface area contributed by atoms with Crippen LogP contribution in [0.2, 0.25) is 6.55 Å². The fraction of sp³-hybridized carbons (Fsp3) is 0.333. The first-order valence-electron chi connectivity index (χ1n) is 8.76. The molecule has 134 valence electrons. The van der Waals surface area contributed by atoms with Gasteiger partial charge in [0.25, 0.3) is 0 Å². The van der Waals surface area contributed by atoms with Crippen LogP contribution in [0.3, 0.4) is 0 Å². The summed E-state index contributed by atoms with van der Waals surface area (Å²) in [5.41, 5.74) is 4.45. The quantitative estimate of drug-likeness (QED) is 0.664. The Kier molecular flexibility index (Phi) is 6.59. The lowest BCUT2D eigenvalue weighted by molar-refractivity contribution is 0.202. The lowest BCUT2D eigenvalue weighted by Crippen LogP contribution is -2.51. The summed E-state index contributed by atoms with van der Waals surface area (Å²) in [5.74, 6) is 0. The first-order valence-corrected chi connectivity index (χ1v) is 11.1. The van der Waals surface area contributed by atoms with E-state index in [1.807, 2.05) is 27.9 Å². The van der Waals surface area contributed by atoms with Crippen LogP contribution in [0.5, 0.6) is 0 Å². The number of hydrogen-bond donors (Lipinski definition) is 0. The molecule has 0 fully saturated rings. The van der Waals surface area contributed by atoms with Gasteiger partial charge in [0.05, 0.1) is 0 Å². The number of anilines is 1. The van der Waals surface area contributed by atoms with E-state index in [4.69, 9.17) is 8.85 Å². The van der Waals surface area contributed by atoms with Crippen LogP contribution < -0.4 is 10.1 Å². The molecule has 0 aromatic heterocycles. The minimum Gasteiger partial charge on any atom is -0.391 e. The first-order chi connectivity index (χ1) is 11.9. The Morgan fingerprint density at radius 2 is 1.32 bits per heavy atom. The SMILES string of the molecule is C=C(c1ccc(N(C)C)cc1)c1ccc([Si](C)(OCC)OCC)cc1. The summed E-state index contributed by atoms with van der Waals surface area (Å²) >= 11 is 0. The molecule has 2 aromatic rings. The molecule has 0 aliphatic carbocycles. The molecule has 0 atom stereocenters. The third kappa shape index (κ3) is 4.60. The predicted molar refractivity (Wildman–Crippen MR) is 110 cm³/mol. The lowest BCUT2D eigenvalue weighted by Gasteiger charge is -2.26. The molecule has 0 aliphatic heterocycles. The monoisotopic (exact) mass is 355 g/mol. The number of rotatable bonds is 8. The van der Waals surface area contributed by atoms with Gasteiger partial charge in [-0.15, -0.1) is 0 Å². The van der Waals surface area contributed by atoms with Gasteiger partial charge in [0.15, 0.2) is 0 Å². The number of hydrogen-bond acceptors (Lipinski definition) is 3. The van der Waals surface area contributed by atoms with Crippen LogP contribution in [-0.2, 0) is 8.85 Å². The summed E-state index contributed by atoms with van der Waals surface area (Å²) in [6.07, 6.45) is 0. The molecule has 3 nitrogen and oxygen atoms in total. The van der Waals surface area contributed by atoms with Crippen LogP contribution in [0.25, 0.3) is 5.57 Å². The Bertz CT molecular complexity index is 687. The highest BCUT2D eigenvalue weighted by atomic mass is 28.4. The maximum absolute atomic E-state index is 5.97. The highest BCUT2D eigenvalue weighted by molar-refractivity contribution is 6.79. The van der Waals surface area contributed by atoms with Gasteiger partial charge in [0, 0.05) is 33.0 Å². The van der Waals surface area contributed by atoms with Gasteiger partial charge in [0.2, 0.25) is 0 Å². The van der Waals surface area contributed by atoms with E-state index in [2.05, 4.69) is 66.6 Å². The van der Waals surface area contributed by atoms with Crippen molar-refractivity contribution in [3.8, 4) is 0 Å². The van der Waals surface area contributed by atoms with Crippen molar-refractivity contribution in [1.29, 1.82) is 0 Å². The molecule has 4 heteroatoms. The Morgan fingerprint density at radius 1 is 0.880 bits per heavy atom. The van der Waals surface area contributed by atoms with Crippen LogP contribution in [0.15, 0.2) is 55.1 Å². The predicted octanol–water partition coefficient (Wildman–Crippen LogP) is 4.17. The van der Waals surface area contributed by atoms with Gasteiger partial charge in [-0.05, 0) is 54.4 Å². The fourth-order valence-electron chi connectivity index (χ4n) is 2.86. The maximum Gasteiger partial charge on any atom is 0.369 e. The molecule has 0 N–H and O–H groups in total. The van der Waals surface area contributed by atoms with Gasteiger partial charge >= 0.3 is 8.56 Å². The van der Waals surface area contributed by atoms with Crippen LogP contribution in [0.1, 0.15) is 25.0 Å². The second-order valence-electron chi connectivity index (χ2n) is 6.31. The zero-order valence-corrected chi connectivity index (χ0v) is 17.0. The molecule has 2 rings (SSSR count). The average Bonchev–Trinajstić information content (AvgIpc) is 2.62. The standard InChI is InChI=1S/C21H29NO2Si/c1-7-23-25(6,24-8-2)21-15-11-19(12-16-21)17(3)18-9-13-20(14-10-18)22(4)5/h9-16H,3,7-8H2,1-2,4-6H3. The van der Waals surface area contributed by atoms with E-state index < -0.39 is 8.56 Å². The second kappa shape index (κ2) is 8.47. The molecular formula is C21H29NO2Si. The topological polar surface area (TPSA) is 21.7 Å². The summed E-state index contributed by atoms with van der Waals surface area (Å²) in [6.45, 7) is 11.7. The Morgan fingerprint density at radius 3 is 1.72 bits per heavy atom. The molecule has 0 saturated heterocycles. The number of benzene rings is 2. The van der Waals surface area contributed by atoms with Gasteiger partial charge in [-0.2, -0.15) is 0 Å². The van der Waals surface area contributed by atoms with Crippen molar-refractivity contribution in [3.05, 3.63) is 66.2 Å². The van der Waals surface area contributed by atoms with Gasteiger partial charge in [-0.1, -0.05) is 43.0 Å².